The second-order valence-corrected chi connectivity index (χ2v) is 7.35. The van der Waals surface area contributed by atoms with E-state index in [1.165, 1.54) is 0 Å². The molecule has 0 bridgehead atoms. The van der Waals surface area contributed by atoms with Crippen LogP contribution in [-0.4, -0.2) is 62.2 Å². The van der Waals surface area contributed by atoms with Gasteiger partial charge in [0.05, 0.1) is 17.4 Å². The van der Waals surface area contributed by atoms with Gasteiger partial charge in [-0.3, -0.25) is 9.89 Å². The summed E-state index contributed by atoms with van der Waals surface area (Å²) in [6.45, 7) is 8.03. The molecular formula is C23H27N7O. The number of carbonyl (C=O) groups is 1. The van der Waals surface area contributed by atoms with Crippen LogP contribution in [0.15, 0.2) is 54.7 Å². The molecule has 0 saturated carbocycles. The van der Waals surface area contributed by atoms with E-state index in [4.69, 9.17) is 0 Å². The van der Waals surface area contributed by atoms with Crippen molar-refractivity contribution in [2.24, 2.45) is 0 Å². The van der Waals surface area contributed by atoms with Gasteiger partial charge in [-0.2, -0.15) is 5.10 Å². The van der Waals surface area contributed by atoms with Crippen molar-refractivity contribution in [3.05, 3.63) is 60.3 Å². The number of aromatic amines is 1. The van der Waals surface area contributed by atoms with Crippen LogP contribution in [0.1, 0.15) is 30.6 Å². The van der Waals surface area contributed by atoms with Crippen molar-refractivity contribution in [2.75, 3.05) is 26.2 Å². The standard InChI is InChI=1S/C23H27N7O/c1-3-29(4-2)15-7-14-24-23(31)17-10-12-18(13-11-17)30-16-21(26-28-30)22-19-8-5-6-9-20(19)25-27-22/h5-6,8-13,16H,3-4,7,14-15H2,1-2H3,(H,24,31)(H,25,27). The normalized spacial score (nSPS) is 11.3. The molecule has 0 aliphatic carbocycles. The highest BCUT2D eigenvalue weighted by Crippen LogP contribution is 2.24. The highest BCUT2D eigenvalue weighted by molar-refractivity contribution is 5.94. The molecule has 2 aromatic carbocycles. The highest BCUT2D eigenvalue weighted by Gasteiger charge is 2.13. The molecule has 160 valence electrons. The molecule has 0 aliphatic rings. The van der Waals surface area contributed by atoms with E-state index in [1.807, 2.05) is 42.6 Å². The van der Waals surface area contributed by atoms with Crippen LogP contribution in [0.3, 0.4) is 0 Å². The third-order valence-electron chi connectivity index (χ3n) is 5.43. The van der Waals surface area contributed by atoms with Crippen molar-refractivity contribution < 1.29 is 4.79 Å². The number of hydrogen-bond donors (Lipinski definition) is 2. The number of H-pyrrole nitrogens is 1. The van der Waals surface area contributed by atoms with Gasteiger partial charge in [-0.1, -0.05) is 37.3 Å². The fourth-order valence-electron chi connectivity index (χ4n) is 3.57. The topological polar surface area (TPSA) is 91.7 Å². The number of nitrogens with zero attached hydrogens (tertiary/aromatic N) is 5. The summed E-state index contributed by atoms with van der Waals surface area (Å²) in [5.74, 6) is -0.0617. The molecule has 0 spiro atoms. The van der Waals surface area contributed by atoms with Gasteiger partial charge in [0.25, 0.3) is 5.91 Å². The van der Waals surface area contributed by atoms with Gasteiger partial charge in [0, 0.05) is 17.5 Å². The maximum atomic E-state index is 12.4. The summed E-state index contributed by atoms with van der Waals surface area (Å²) in [4.78, 5) is 14.7. The summed E-state index contributed by atoms with van der Waals surface area (Å²) in [5, 5.41) is 19.9. The fourth-order valence-corrected chi connectivity index (χ4v) is 3.57. The van der Waals surface area contributed by atoms with Gasteiger partial charge < -0.3 is 10.2 Å². The second kappa shape index (κ2) is 9.53. The SMILES string of the molecule is CCN(CC)CCCNC(=O)c1ccc(-n2cc(-c3n[nH]c4ccccc34)nn2)cc1. The number of amides is 1. The van der Waals surface area contributed by atoms with Crippen LogP contribution >= 0.6 is 0 Å². The van der Waals surface area contributed by atoms with E-state index in [9.17, 15) is 4.79 Å². The maximum absolute atomic E-state index is 12.4. The number of benzene rings is 2. The summed E-state index contributed by atoms with van der Waals surface area (Å²) >= 11 is 0. The Morgan fingerprint density at radius 1 is 1.10 bits per heavy atom. The number of fused-ring (bicyclic) bond motifs is 1. The first kappa shape index (κ1) is 20.7. The third-order valence-corrected chi connectivity index (χ3v) is 5.43. The summed E-state index contributed by atoms with van der Waals surface area (Å²) in [7, 11) is 0. The summed E-state index contributed by atoms with van der Waals surface area (Å²) in [5.41, 5.74) is 3.87. The number of aromatic nitrogens is 5. The van der Waals surface area contributed by atoms with Gasteiger partial charge in [-0.25, -0.2) is 4.68 Å². The van der Waals surface area contributed by atoms with Crippen molar-refractivity contribution in [1.29, 1.82) is 0 Å². The van der Waals surface area contributed by atoms with Crippen LogP contribution in [0.4, 0.5) is 0 Å². The average Bonchev–Trinajstić information content (AvgIpc) is 3.46. The number of hydrogen-bond acceptors (Lipinski definition) is 5. The zero-order chi connectivity index (χ0) is 21.6. The smallest absolute Gasteiger partial charge is 0.251 e. The minimum absolute atomic E-state index is 0.0617. The van der Waals surface area contributed by atoms with E-state index in [1.54, 1.807) is 16.8 Å². The molecule has 4 rings (SSSR count). The number of rotatable bonds is 9. The Morgan fingerprint density at radius 2 is 1.87 bits per heavy atom. The molecule has 2 aromatic heterocycles. The molecule has 2 heterocycles. The van der Waals surface area contributed by atoms with Crippen molar-refractivity contribution in [1.82, 2.24) is 35.4 Å². The van der Waals surface area contributed by atoms with E-state index in [0.29, 0.717) is 17.8 Å². The molecular weight excluding hydrogens is 390 g/mol. The molecule has 1 amide bonds. The minimum Gasteiger partial charge on any atom is -0.352 e. The molecule has 0 fully saturated rings. The third kappa shape index (κ3) is 4.64. The van der Waals surface area contributed by atoms with Crippen LogP contribution in [0, 0.1) is 0 Å². The molecule has 0 saturated heterocycles. The summed E-state index contributed by atoms with van der Waals surface area (Å²) in [6.07, 6.45) is 2.78. The first-order chi connectivity index (χ1) is 15.2. The molecule has 0 unspecified atom stereocenters. The molecule has 0 aliphatic heterocycles. The molecule has 0 radical (unpaired) electrons. The van der Waals surface area contributed by atoms with Crippen molar-refractivity contribution >= 4 is 16.8 Å². The summed E-state index contributed by atoms with van der Waals surface area (Å²) < 4.78 is 1.69. The zero-order valence-corrected chi connectivity index (χ0v) is 17.9. The lowest BCUT2D eigenvalue weighted by Gasteiger charge is -2.17. The van der Waals surface area contributed by atoms with E-state index < -0.39 is 0 Å². The molecule has 8 nitrogen and oxygen atoms in total. The van der Waals surface area contributed by atoms with Crippen molar-refractivity contribution in [3.8, 4) is 17.1 Å². The van der Waals surface area contributed by atoms with Crippen LogP contribution in [0.5, 0.6) is 0 Å². The predicted octanol–water partition coefficient (Wildman–Crippen LogP) is 3.27. The quantitative estimate of drug-likeness (QED) is 0.408. The zero-order valence-electron chi connectivity index (χ0n) is 17.9. The lowest BCUT2D eigenvalue weighted by atomic mass is 10.2. The Labute approximate surface area is 181 Å². The molecule has 0 atom stereocenters. The van der Waals surface area contributed by atoms with Gasteiger partial charge in [0.15, 0.2) is 0 Å². The number of para-hydroxylation sites is 1. The van der Waals surface area contributed by atoms with Crippen LogP contribution in [-0.2, 0) is 0 Å². The largest absolute Gasteiger partial charge is 0.352 e. The Hall–Kier alpha value is -3.52. The first-order valence-electron chi connectivity index (χ1n) is 10.7. The summed E-state index contributed by atoms with van der Waals surface area (Å²) in [6, 6.07) is 15.3. The first-order valence-corrected chi connectivity index (χ1v) is 10.7. The van der Waals surface area contributed by atoms with Crippen LogP contribution in [0.25, 0.3) is 28.0 Å². The van der Waals surface area contributed by atoms with E-state index in [-0.39, 0.29) is 5.91 Å². The van der Waals surface area contributed by atoms with Crippen LogP contribution < -0.4 is 5.32 Å². The Bertz CT molecular complexity index is 1140. The monoisotopic (exact) mass is 417 g/mol. The highest BCUT2D eigenvalue weighted by atomic mass is 16.1. The van der Waals surface area contributed by atoms with Gasteiger partial charge in [-0.05, 0) is 56.4 Å². The van der Waals surface area contributed by atoms with Crippen molar-refractivity contribution in [3.63, 3.8) is 0 Å². The lowest BCUT2D eigenvalue weighted by molar-refractivity contribution is 0.0952. The van der Waals surface area contributed by atoms with E-state index >= 15 is 0 Å². The molecule has 31 heavy (non-hydrogen) atoms. The maximum Gasteiger partial charge on any atom is 0.251 e. The van der Waals surface area contributed by atoms with E-state index in [0.717, 1.165) is 48.3 Å². The van der Waals surface area contributed by atoms with Gasteiger partial charge in [-0.15, -0.1) is 5.10 Å². The van der Waals surface area contributed by atoms with Gasteiger partial charge in [0.2, 0.25) is 0 Å². The molecule has 2 N–H and O–H groups in total. The minimum atomic E-state index is -0.0617. The average molecular weight is 418 g/mol. The van der Waals surface area contributed by atoms with Crippen LogP contribution in [0.2, 0.25) is 0 Å². The van der Waals surface area contributed by atoms with Crippen molar-refractivity contribution in [2.45, 2.75) is 20.3 Å². The Kier molecular flexibility index (Phi) is 6.37. The number of nitrogens with one attached hydrogen (secondary N) is 2. The fraction of sp³-hybridized carbons (Fsp3) is 0.304. The molecule has 8 heteroatoms. The second-order valence-electron chi connectivity index (χ2n) is 7.35. The lowest BCUT2D eigenvalue weighted by Crippen LogP contribution is -2.29. The Balaban J connectivity index is 1.39. The predicted molar refractivity (Wildman–Crippen MR) is 121 cm³/mol. The van der Waals surface area contributed by atoms with Gasteiger partial charge in [0.1, 0.15) is 11.4 Å². The van der Waals surface area contributed by atoms with E-state index in [2.05, 4.69) is 44.6 Å². The Morgan fingerprint density at radius 3 is 2.65 bits per heavy atom. The van der Waals surface area contributed by atoms with Gasteiger partial charge >= 0.3 is 0 Å². The molecule has 4 aromatic rings. The number of carbonyl (C=O) groups excluding carboxylic acids is 1.